The Balaban J connectivity index is 0.846. The third-order valence-electron chi connectivity index (χ3n) is 12.1. The van der Waals surface area contributed by atoms with Gasteiger partial charge in [-0.25, -0.2) is 0 Å². The molecule has 2 saturated heterocycles. The van der Waals surface area contributed by atoms with Crippen LogP contribution in [0.25, 0.3) is 34.0 Å². The van der Waals surface area contributed by atoms with E-state index in [9.17, 15) is 14.4 Å². The molecule has 2 aliphatic rings. The molecule has 14 nitrogen and oxygen atoms in total. The lowest BCUT2D eigenvalue weighted by molar-refractivity contribution is -0.118. The zero-order chi connectivity index (χ0) is 52.7. The van der Waals surface area contributed by atoms with Gasteiger partial charge in [0.2, 0.25) is 25.3 Å². The Hall–Kier alpha value is -5.69. The van der Waals surface area contributed by atoms with E-state index in [4.69, 9.17) is 99.0 Å². The van der Waals surface area contributed by atoms with Crippen LogP contribution in [0.5, 0.6) is 0 Å². The Kier molecular flexibility index (Phi) is 17.6. The number of nitrogens with one attached hydrogen (secondary N) is 4. The summed E-state index contributed by atoms with van der Waals surface area (Å²) in [4.78, 5) is 58.2. The highest BCUT2D eigenvalue weighted by atomic mass is 35.6. The van der Waals surface area contributed by atoms with Crippen LogP contribution in [0, 0.1) is 0 Å². The zero-order valence-corrected chi connectivity index (χ0v) is 46.0. The number of pyridine rings is 2. The Labute approximate surface area is 469 Å². The molecule has 2 atom stereocenters. The van der Waals surface area contributed by atoms with E-state index in [1.807, 2.05) is 108 Å². The van der Waals surface area contributed by atoms with E-state index in [2.05, 4.69) is 26.3 Å². The third-order valence-corrected chi connectivity index (χ3v) is 14.3. The second-order valence-electron chi connectivity index (χ2n) is 17.5. The van der Waals surface area contributed by atoms with Crippen LogP contribution in [0.1, 0.15) is 24.0 Å². The number of rotatable bonds is 15. The minimum absolute atomic E-state index is 0.0522. The molecule has 2 aromatic heterocycles. The lowest BCUT2D eigenvalue weighted by Gasteiger charge is -2.44. The molecule has 2 aliphatic heterocycles. The maximum Gasteiger partial charge on any atom is 0.245 e. The van der Waals surface area contributed by atoms with Crippen molar-refractivity contribution in [2.75, 3.05) is 72.2 Å². The summed E-state index contributed by atoms with van der Waals surface area (Å²) < 4.78 is -3.86. The first-order valence-electron chi connectivity index (χ1n) is 23.2. The van der Waals surface area contributed by atoms with E-state index >= 15 is 0 Å². The number of anilines is 5. The largest absolute Gasteiger partial charge is 0.378 e. The lowest BCUT2D eigenvalue weighted by Crippen LogP contribution is -2.62. The van der Waals surface area contributed by atoms with E-state index in [1.165, 1.54) is 12.2 Å². The molecule has 4 aromatic carbocycles. The summed E-state index contributed by atoms with van der Waals surface area (Å²) in [6.45, 7) is 2.02. The quantitative estimate of drug-likeness (QED) is 0.0441. The molecule has 2 unspecified atom stereocenters. The highest BCUT2D eigenvalue weighted by Gasteiger charge is 2.43. The molecule has 2 fully saturated rings. The lowest BCUT2D eigenvalue weighted by atomic mass is 10.1. The first-order chi connectivity index (χ1) is 35.3. The van der Waals surface area contributed by atoms with Gasteiger partial charge in [0.05, 0.1) is 40.8 Å². The number of aromatic nitrogens is 2. The standard InChI is InChI=1S/C52H49Cl6N11O3S2/c1-65(2)39-21-15-34(16-22-39)18-24-43(71)64-48(52(56,57)58)69-29-7-27-67(50(69)74)41-12-4-9-36-30-38(31-61-46(36)41)60-32-44(72)62-37-19-13-33(14-20-37)17-23-42(70)63-47(51(53,54)55)68-28-6-26-66(49(68)73)40-11-3-8-35-10-5-25-59-45(35)40/h3-5,8-25,30-31,47-48,60H,6-7,26-29,32H2,1-2H3,(H,62,72)(H,63,70)(H,64,71)/b23-17+,24-18+. The number of fused-ring (bicyclic) bond motifs is 2. The van der Waals surface area contributed by atoms with Crippen molar-refractivity contribution in [3.8, 4) is 0 Å². The van der Waals surface area contributed by atoms with Crippen molar-refractivity contribution >= 4 is 184 Å². The Bertz CT molecular complexity index is 3110. The molecule has 6 aromatic rings. The average molecular weight is 1150 g/mol. The number of para-hydroxylation sites is 2. The fourth-order valence-corrected chi connectivity index (χ4v) is 10.3. The number of carbonyl (C=O) groups is 3. The zero-order valence-electron chi connectivity index (χ0n) is 39.8. The number of alkyl halides is 6. The molecule has 3 amide bonds. The van der Waals surface area contributed by atoms with Gasteiger partial charge < -0.3 is 45.8 Å². The Morgan fingerprint density at radius 1 is 0.649 bits per heavy atom. The number of halogens is 6. The van der Waals surface area contributed by atoms with Gasteiger partial charge in [-0.05, 0) is 109 Å². The summed E-state index contributed by atoms with van der Waals surface area (Å²) in [6.07, 6.45) is 8.57. The van der Waals surface area contributed by atoms with Gasteiger partial charge in [0.1, 0.15) is 0 Å². The monoisotopic (exact) mass is 1150 g/mol. The van der Waals surface area contributed by atoms with Crippen molar-refractivity contribution in [1.29, 1.82) is 0 Å². The molecular weight excluding hydrogens is 1100 g/mol. The maximum absolute atomic E-state index is 13.3. The van der Waals surface area contributed by atoms with Crippen molar-refractivity contribution in [3.05, 3.63) is 139 Å². The normalized spacial score (nSPS) is 15.5. The fourth-order valence-electron chi connectivity index (χ4n) is 8.51. The third kappa shape index (κ3) is 13.4. The number of nitrogens with zero attached hydrogens (tertiary/aromatic N) is 7. The Morgan fingerprint density at radius 2 is 1.15 bits per heavy atom. The summed E-state index contributed by atoms with van der Waals surface area (Å²) in [6, 6.07) is 32.0. The number of carbonyl (C=O) groups excluding carboxylic acids is 3. The summed E-state index contributed by atoms with van der Waals surface area (Å²) in [7, 11) is 3.91. The second kappa shape index (κ2) is 23.9. The van der Waals surface area contributed by atoms with Crippen LogP contribution in [-0.2, 0) is 14.4 Å². The smallest absolute Gasteiger partial charge is 0.245 e. The molecule has 22 heteroatoms. The predicted octanol–water partition coefficient (Wildman–Crippen LogP) is 10.5. The number of hydrogen-bond donors (Lipinski definition) is 4. The predicted molar refractivity (Wildman–Crippen MR) is 313 cm³/mol. The van der Waals surface area contributed by atoms with Gasteiger partial charge in [-0.3, -0.25) is 24.4 Å². The summed E-state index contributed by atoms with van der Waals surface area (Å²) in [5.74, 6) is -1.26. The van der Waals surface area contributed by atoms with Gasteiger partial charge in [-0.1, -0.05) is 124 Å². The van der Waals surface area contributed by atoms with Crippen LogP contribution in [0.4, 0.5) is 28.4 Å². The highest BCUT2D eigenvalue weighted by molar-refractivity contribution is 7.80. The van der Waals surface area contributed by atoms with Crippen molar-refractivity contribution in [2.24, 2.45) is 0 Å². The van der Waals surface area contributed by atoms with Crippen LogP contribution < -0.4 is 36.0 Å². The van der Waals surface area contributed by atoms with Crippen LogP contribution in [-0.4, -0.2) is 114 Å². The molecule has 0 spiro atoms. The summed E-state index contributed by atoms with van der Waals surface area (Å²) in [5, 5.41) is 14.2. The number of hydrogen-bond acceptors (Lipinski definition) is 9. The van der Waals surface area contributed by atoms with Crippen LogP contribution >= 0.6 is 94.0 Å². The Morgan fingerprint density at radius 3 is 1.68 bits per heavy atom. The second-order valence-corrected chi connectivity index (χ2v) is 22.9. The number of benzene rings is 4. The van der Waals surface area contributed by atoms with Crippen molar-refractivity contribution < 1.29 is 14.4 Å². The van der Waals surface area contributed by atoms with Gasteiger partial charge in [0.15, 0.2) is 22.6 Å². The number of thiocarbonyl (C=S) groups is 2. The fraction of sp³-hybridized carbons (Fsp3) is 0.250. The van der Waals surface area contributed by atoms with E-state index < -0.39 is 31.7 Å². The molecule has 74 heavy (non-hydrogen) atoms. The average Bonchev–Trinajstić information content (AvgIpc) is 3.38. The first kappa shape index (κ1) is 54.6. The van der Waals surface area contributed by atoms with E-state index in [-0.39, 0.29) is 12.5 Å². The minimum Gasteiger partial charge on any atom is -0.378 e. The van der Waals surface area contributed by atoms with Gasteiger partial charge in [0, 0.05) is 80.8 Å². The van der Waals surface area contributed by atoms with Crippen LogP contribution in [0.2, 0.25) is 0 Å². The van der Waals surface area contributed by atoms with Crippen molar-refractivity contribution in [2.45, 2.75) is 32.8 Å². The van der Waals surface area contributed by atoms with E-state index in [0.29, 0.717) is 71.7 Å². The molecule has 0 aliphatic carbocycles. The first-order valence-corrected chi connectivity index (χ1v) is 26.3. The molecule has 4 heterocycles. The minimum atomic E-state index is -1.93. The maximum atomic E-state index is 13.3. The number of amides is 3. The molecule has 4 N–H and O–H groups in total. The molecule has 0 bridgehead atoms. The van der Waals surface area contributed by atoms with Crippen molar-refractivity contribution in [3.63, 3.8) is 0 Å². The van der Waals surface area contributed by atoms with Gasteiger partial charge in [0.25, 0.3) is 0 Å². The van der Waals surface area contributed by atoms with Gasteiger partial charge in [-0.15, -0.1) is 0 Å². The van der Waals surface area contributed by atoms with Crippen LogP contribution in [0.3, 0.4) is 0 Å². The SMILES string of the molecule is CN(C)c1ccc(/C=C/C(=O)NC(N2CCCN(c3cccc4cc(NCC(=O)Nc5ccc(/C=C/C(=O)NC(N6CCCN(c7cccc8cccnc78)C6=S)C(Cl)(Cl)Cl)cc5)cnc34)C2=S)C(Cl)(Cl)Cl)cc1. The van der Waals surface area contributed by atoms with Crippen molar-refractivity contribution in [1.82, 2.24) is 30.4 Å². The van der Waals surface area contributed by atoms with E-state index in [0.717, 1.165) is 38.9 Å². The van der Waals surface area contributed by atoms with Gasteiger partial charge in [-0.2, -0.15) is 0 Å². The van der Waals surface area contributed by atoms with Crippen LogP contribution in [0.15, 0.2) is 128 Å². The molecule has 8 rings (SSSR count). The molecule has 0 radical (unpaired) electrons. The molecule has 0 saturated carbocycles. The highest BCUT2D eigenvalue weighted by Crippen LogP contribution is 2.38. The molecule has 384 valence electrons. The summed E-state index contributed by atoms with van der Waals surface area (Å²) >= 11 is 50.8. The topological polar surface area (TPSA) is 141 Å². The molecular formula is C52H49Cl6N11O3S2. The summed E-state index contributed by atoms with van der Waals surface area (Å²) in [5.41, 5.74) is 6.71. The van der Waals surface area contributed by atoms with E-state index in [1.54, 1.807) is 58.6 Å². The van der Waals surface area contributed by atoms with Gasteiger partial charge >= 0.3 is 0 Å².